The molecule has 2 nitrogen and oxygen atoms in total. The van der Waals surface area contributed by atoms with Crippen molar-refractivity contribution in [1.29, 1.82) is 0 Å². The second-order valence-corrected chi connectivity index (χ2v) is 4.12. The fraction of sp³-hybridized carbons (Fsp3) is 0.118. The Hall–Kier alpha value is -2.44. The average molecular weight is 248 g/mol. The van der Waals surface area contributed by atoms with E-state index in [2.05, 4.69) is 22.6 Å². The minimum atomic E-state index is -0.0827. The van der Waals surface area contributed by atoms with E-state index in [1.165, 1.54) is 0 Å². The number of hydrogen-bond donors (Lipinski definition) is 0. The number of aliphatic imine (C=N–C) groups is 2. The topological polar surface area (TPSA) is 24.7 Å². The molecule has 0 bridgehead atoms. The first-order chi connectivity index (χ1) is 9.40. The van der Waals surface area contributed by atoms with Crippen LogP contribution in [-0.2, 0) is 6.54 Å². The summed E-state index contributed by atoms with van der Waals surface area (Å²) in [7, 11) is 0. The van der Waals surface area contributed by atoms with E-state index in [0.717, 1.165) is 11.1 Å². The molecule has 2 aromatic rings. The van der Waals surface area contributed by atoms with Crippen molar-refractivity contribution >= 4 is 6.01 Å². The summed E-state index contributed by atoms with van der Waals surface area (Å²) >= 11 is 0. The van der Waals surface area contributed by atoms with E-state index in [1.807, 2.05) is 60.7 Å². The Balaban J connectivity index is 2.02. The van der Waals surface area contributed by atoms with Gasteiger partial charge in [-0.15, -0.1) is 6.58 Å². The molecule has 2 heteroatoms. The summed E-state index contributed by atoms with van der Waals surface area (Å²) in [6.07, 6.45) is 1.79. The summed E-state index contributed by atoms with van der Waals surface area (Å²) in [6, 6.07) is 22.7. The van der Waals surface area contributed by atoms with Crippen molar-refractivity contribution in [3.63, 3.8) is 0 Å². The lowest BCUT2D eigenvalue weighted by Crippen LogP contribution is -1.89. The quantitative estimate of drug-likeness (QED) is 0.557. The molecule has 2 aromatic carbocycles. The van der Waals surface area contributed by atoms with Crippen molar-refractivity contribution in [2.45, 2.75) is 12.6 Å². The molecule has 19 heavy (non-hydrogen) atoms. The van der Waals surface area contributed by atoms with Gasteiger partial charge >= 0.3 is 0 Å². The van der Waals surface area contributed by atoms with Gasteiger partial charge in [-0.25, -0.2) is 9.98 Å². The fourth-order valence-corrected chi connectivity index (χ4v) is 1.73. The molecule has 0 fully saturated rings. The van der Waals surface area contributed by atoms with Gasteiger partial charge in [-0.3, -0.25) is 0 Å². The maximum absolute atomic E-state index is 4.29. The van der Waals surface area contributed by atoms with E-state index in [4.69, 9.17) is 0 Å². The van der Waals surface area contributed by atoms with Gasteiger partial charge in [-0.2, -0.15) is 0 Å². The Bertz CT molecular complexity index is 567. The van der Waals surface area contributed by atoms with Gasteiger partial charge in [0.15, 0.2) is 0 Å². The molecule has 94 valence electrons. The highest BCUT2D eigenvalue weighted by Crippen LogP contribution is 2.16. The van der Waals surface area contributed by atoms with Crippen molar-refractivity contribution < 1.29 is 0 Å². The van der Waals surface area contributed by atoms with E-state index < -0.39 is 0 Å². The van der Waals surface area contributed by atoms with Crippen LogP contribution >= 0.6 is 0 Å². The minimum absolute atomic E-state index is 0.0827. The largest absolute Gasteiger partial charge is 0.221 e. The predicted octanol–water partition coefficient (Wildman–Crippen LogP) is 4.29. The molecule has 0 aromatic heterocycles. The number of nitrogens with zero attached hydrogens (tertiary/aromatic N) is 2. The zero-order chi connectivity index (χ0) is 13.3. The van der Waals surface area contributed by atoms with Crippen LogP contribution in [0.3, 0.4) is 0 Å². The SMILES string of the molecule is C=CC(N=C=NCc1ccccc1)c1ccccc1. The van der Waals surface area contributed by atoms with E-state index in [9.17, 15) is 0 Å². The lowest BCUT2D eigenvalue weighted by atomic mass is 10.1. The Kier molecular flexibility index (Phi) is 4.86. The zero-order valence-corrected chi connectivity index (χ0v) is 10.7. The van der Waals surface area contributed by atoms with Crippen molar-refractivity contribution in [3.05, 3.63) is 84.4 Å². The smallest absolute Gasteiger partial charge is 0.104 e. The molecular formula is C17H16N2. The van der Waals surface area contributed by atoms with E-state index in [1.54, 1.807) is 6.08 Å². The van der Waals surface area contributed by atoms with Crippen LogP contribution < -0.4 is 0 Å². The first kappa shape index (κ1) is 13.0. The molecule has 1 unspecified atom stereocenters. The molecule has 0 spiro atoms. The third kappa shape index (κ3) is 4.06. The number of rotatable bonds is 5. The van der Waals surface area contributed by atoms with Gasteiger partial charge in [0.25, 0.3) is 0 Å². The number of hydrogen-bond acceptors (Lipinski definition) is 2. The van der Waals surface area contributed by atoms with Crippen molar-refractivity contribution in [2.24, 2.45) is 9.98 Å². The zero-order valence-electron chi connectivity index (χ0n) is 10.7. The van der Waals surface area contributed by atoms with E-state index >= 15 is 0 Å². The molecule has 0 radical (unpaired) electrons. The molecule has 1 atom stereocenters. The van der Waals surface area contributed by atoms with Crippen LogP contribution in [0.2, 0.25) is 0 Å². The Morgan fingerprint density at radius 1 is 1.00 bits per heavy atom. The van der Waals surface area contributed by atoms with Gasteiger partial charge < -0.3 is 0 Å². The summed E-state index contributed by atoms with van der Waals surface area (Å²) in [5, 5.41) is 0. The van der Waals surface area contributed by atoms with E-state index in [-0.39, 0.29) is 6.04 Å². The lowest BCUT2D eigenvalue weighted by molar-refractivity contribution is 0.917. The fourth-order valence-electron chi connectivity index (χ4n) is 1.73. The molecule has 0 saturated carbocycles. The highest BCUT2D eigenvalue weighted by atomic mass is 14.8. The maximum atomic E-state index is 4.29. The normalized spacial score (nSPS) is 11.2. The van der Waals surface area contributed by atoms with Gasteiger partial charge in [0.05, 0.1) is 12.6 Å². The van der Waals surface area contributed by atoms with Crippen LogP contribution in [0, 0.1) is 0 Å². The van der Waals surface area contributed by atoms with Crippen LogP contribution in [0.15, 0.2) is 83.3 Å². The minimum Gasteiger partial charge on any atom is -0.221 e. The first-order valence-corrected chi connectivity index (χ1v) is 6.23. The summed E-state index contributed by atoms with van der Waals surface area (Å²) in [4.78, 5) is 8.48. The van der Waals surface area contributed by atoms with Gasteiger partial charge in [-0.1, -0.05) is 66.7 Å². The molecule has 0 amide bonds. The second kappa shape index (κ2) is 7.10. The standard InChI is InChI=1S/C17H16N2/c1-2-17(16-11-7-4-8-12-16)19-14-18-13-15-9-5-3-6-10-15/h2-12,17H,1,13H2. The summed E-state index contributed by atoms with van der Waals surface area (Å²) in [5.41, 5.74) is 2.25. The lowest BCUT2D eigenvalue weighted by Gasteiger charge is -2.04. The molecule has 0 saturated heterocycles. The van der Waals surface area contributed by atoms with Crippen molar-refractivity contribution in [1.82, 2.24) is 0 Å². The Morgan fingerprint density at radius 3 is 2.26 bits per heavy atom. The van der Waals surface area contributed by atoms with Gasteiger partial charge in [-0.05, 0) is 11.1 Å². The molecule has 0 aliphatic carbocycles. The highest BCUT2D eigenvalue weighted by molar-refractivity contribution is 5.43. The number of benzene rings is 2. The Morgan fingerprint density at radius 2 is 1.63 bits per heavy atom. The highest BCUT2D eigenvalue weighted by Gasteiger charge is 2.02. The molecular weight excluding hydrogens is 232 g/mol. The predicted molar refractivity (Wildman–Crippen MR) is 79.4 cm³/mol. The molecule has 0 heterocycles. The summed E-state index contributed by atoms with van der Waals surface area (Å²) in [5.74, 6) is 0. The third-order valence-corrected chi connectivity index (χ3v) is 2.74. The van der Waals surface area contributed by atoms with Gasteiger partial charge in [0, 0.05) is 0 Å². The van der Waals surface area contributed by atoms with E-state index in [0.29, 0.717) is 6.54 Å². The Labute approximate surface area is 113 Å². The summed E-state index contributed by atoms with van der Waals surface area (Å²) in [6.45, 7) is 4.40. The third-order valence-electron chi connectivity index (χ3n) is 2.74. The van der Waals surface area contributed by atoms with Crippen LogP contribution in [0.5, 0.6) is 0 Å². The molecule has 0 aliphatic heterocycles. The molecule has 2 rings (SSSR count). The van der Waals surface area contributed by atoms with Crippen LogP contribution in [0.1, 0.15) is 17.2 Å². The van der Waals surface area contributed by atoms with Crippen molar-refractivity contribution in [2.75, 3.05) is 0 Å². The summed E-state index contributed by atoms with van der Waals surface area (Å²) < 4.78 is 0. The molecule has 0 aliphatic rings. The van der Waals surface area contributed by atoms with Gasteiger partial charge in [0.2, 0.25) is 0 Å². The van der Waals surface area contributed by atoms with Gasteiger partial charge in [0.1, 0.15) is 6.04 Å². The van der Waals surface area contributed by atoms with Crippen LogP contribution in [0.25, 0.3) is 0 Å². The first-order valence-electron chi connectivity index (χ1n) is 6.23. The van der Waals surface area contributed by atoms with Crippen LogP contribution in [-0.4, -0.2) is 6.01 Å². The average Bonchev–Trinajstić information content (AvgIpc) is 2.49. The second-order valence-electron chi connectivity index (χ2n) is 4.12. The maximum Gasteiger partial charge on any atom is 0.104 e. The monoisotopic (exact) mass is 248 g/mol. The van der Waals surface area contributed by atoms with Crippen molar-refractivity contribution in [3.8, 4) is 0 Å². The van der Waals surface area contributed by atoms with Crippen LogP contribution in [0.4, 0.5) is 0 Å². The molecule has 0 N–H and O–H groups in total.